The Kier molecular flexibility index (Phi) is 11.1. The van der Waals surface area contributed by atoms with Crippen LogP contribution >= 0.6 is 0 Å². The zero-order valence-corrected chi connectivity index (χ0v) is 47.9. The Morgan fingerprint density at radius 2 is 0.613 bits per heavy atom. The average molecular weight is 1210 g/mol. The van der Waals surface area contributed by atoms with Crippen molar-refractivity contribution in [3.63, 3.8) is 0 Å². The van der Waals surface area contributed by atoms with E-state index < -0.39 is 17.6 Å². The van der Waals surface area contributed by atoms with E-state index in [0.29, 0.717) is 0 Å². The minimum atomic E-state index is -1.27. The second-order valence-corrected chi connectivity index (χ2v) is 26.1. The van der Waals surface area contributed by atoms with Crippen LogP contribution in [0.4, 0.5) is 45.5 Å². The standard InChI is InChI=1S/C74H58N4O.Pt/c1-73(2,3)57-41-63-53-33-25-49(26-34-53)21-23-51-29-37-55(38-30-51)65-43-58(74(4,5)6)44-66-56-39-31-52(32-40-56)24-22-50-27-35-54(36-28-50)64(42-57)71(63)77-47-75(67-17-7-9-19-69(67)77)59-13-11-15-61(45-59)79-62-16-12-14-60(46-62)76-48-78(72(65)66)70-20-10-8-18-68(70)76;/h7-46H,1-6H3;. The molecule has 19 rings (SSSR count). The topological polar surface area (TPSA) is 22.2 Å². The van der Waals surface area contributed by atoms with Crippen LogP contribution in [0.1, 0.15) is 74.9 Å². The van der Waals surface area contributed by atoms with Gasteiger partial charge in [0.1, 0.15) is 0 Å². The van der Waals surface area contributed by atoms with Crippen LogP contribution in [0, 0.1) is 0 Å². The molecule has 0 saturated heterocycles. The molecule has 0 fully saturated rings. The number of ether oxygens (including phenoxy) is 1. The van der Waals surface area contributed by atoms with Crippen molar-refractivity contribution < 1.29 is 22.4 Å². The molecule has 10 aromatic carbocycles. The van der Waals surface area contributed by atoms with Gasteiger partial charge in [-0.1, -0.05) is 0 Å². The van der Waals surface area contributed by atoms with Crippen molar-refractivity contribution in [2.24, 2.45) is 0 Å². The third-order valence-electron chi connectivity index (χ3n) is 16.2. The van der Waals surface area contributed by atoms with E-state index >= 15 is 0 Å². The second-order valence-electron chi connectivity index (χ2n) is 23.5. The second kappa shape index (κ2) is 18.3. The minimum absolute atomic E-state index is 0.168. The number of nitrogens with zero attached hydrogens (tertiary/aromatic N) is 4. The van der Waals surface area contributed by atoms with E-state index in [1.807, 2.05) is 0 Å². The summed E-state index contributed by atoms with van der Waals surface area (Å²) in [4.78, 5) is 10.4. The van der Waals surface area contributed by atoms with Crippen LogP contribution in [0.3, 0.4) is 0 Å². The van der Waals surface area contributed by atoms with Gasteiger partial charge in [-0.3, -0.25) is 0 Å². The van der Waals surface area contributed by atoms with Crippen molar-refractivity contribution >= 4 is 78.1 Å². The van der Waals surface area contributed by atoms with Gasteiger partial charge in [0.05, 0.1) is 0 Å². The molecule has 16 bridgehead atoms. The molecule has 0 saturated carbocycles. The van der Waals surface area contributed by atoms with Crippen LogP contribution in [-0.4, -0.2) is 8.29 Å². The van der Waals surface area contributed by atoms with Crippen molar-refractivity contribution in [3.8, 4) is 56.0 Å². The van der Waals surface area contributed by atoms with Crippen molar-refractivity contribution in [2.75, 3.05) is 19.6 Å². The van der Waals surface area contributed by atoms with E-state index in [9.17, 15) is 0 Å². The van der Waals surface area contributed by atoms with Crippen LogP contribution in [0.25, 0.3) is 68.8 Å². The number of hydrogen-bond donors (Lipinski definition) is 0. The number of anilines is 8. The number of fused-ring (bicyclic) bond motifs is 14. The van der Waals surface area contributed by atoms with E-state index in [-0.39, 0.29) is 10.8 Å². The average Bonchev–Trinajstić information content (AvgIpc) is 3.54. The molecule has 0 amide bonds. The Balaban J connectivity index is 1.20. The van der Waals surface area contributed by atoms with E-state index in [0.717, 1.165) is 102 Å². The molecule has 9 aliphatic rings. The van der Waals surface area contributed by atoms with Crippen molar-refractivity contribution in [1.29, 1.82) is 0 Å². The predicted octanol–water partition coefficient (Wildman–Crippen LogP) is 19.6. The summed E-state index contributed by atoms with van der Waals surface area (Å²) in [5, 5.41) is 0. The molecule has 6 heteroatoms. The molecule has 0 unspecified atom stereocenters. The summed E-state index contributed by atoms with van der Waals surface area (Å²) in [5.74, 6) is 1.56. The van der Waals surface area contributed by atoms with Crippen LogP contribution in [0.2, 0.25) is 0 Å². The maximum absolute atomic E-state index is 6.97. The van der Waals surface area contributed by atoms with E-state index in [4.69, 9.17) is 4.74 Å². The maximum atomic E-state index is 6.97. The summed E-state index contributed by atoms with van der Waals surface area (Å²) >= 11 is -1.27. The molecule has 9 aliphatic heterocycles. The SMILES string of the molecule is CC(C)(C)c1cc2c3c(c1)-c1ccc(cc1)C=Cc1ccc(cc1)-c1cc(C(C)(C)C)cc(c1N1[C]4=[Pt]=[C]5N(c6cccc(c6)Oc6cccc(c6)N4c4ccccc41)c1ccccc1N53)-c1ccc(cc1)C=Cc1ccc-2cc1. The molecule has 0 atom stereocenters. The molecule has 0 radical (unpaired) electrons. The Morgan fingerprint density at radius 3 is 0.912 bits per heavy atom. The molecule has 0 aromatic heterocycles. The number of para-hydroxylation sites is 4. The fraction of sp³-hybridized carbons (Fsp3) is 0.108. The van der Waals surface area contributed by atoms with Crippen LogP contribution in [0.5, 0.6) is 11.5 Å². The normalized spacial score (nSPS) is 14.5. The van der Waals surface area contributed by atoms with Gasteiger partial charge in [0.15, 0.2) is 0 Å². The molecule has 9 heterocycles. The Hall–Kier alpha value is -8.89. The van der Waals surface area contributed by atoms with Gasteiger partial charge in [-0.05, 0) is 0 Å². The Morgan fingerprint density at radius 1 is 0.312 bits per heavy atom. The first-order valence-electron chi connectivity index (χ1n) is 27.6. The van der Waals surface area contributed by atoms with Gasteiger partial charge < -0.3 is 0 Å². The van der Waals surface area contributed by atoms with Gasteiger partial charge in [-0.25, -0.2) is 0 Å². The molecule has 390 valence electrons. The van der Waals surface area contributed by atoms with Gasteiger partial charge in [-0.2, -0.15) is 0 Å². The first-order valence-corrected chi connectivity index (χ1v) is 29.9. The molecule has 10 aromatic rings. The Labute approximate surface area is 477 Å². The Bertz CT molecular complexity index is 3900. The molecule has 0 spiro atoms. The van der Waals surface area contributed by atoms with Gasteiger partial charge in [0, 0.05) is 0 Å². The quantitative estimate of drug-likeness (QED) is 0.150. The van der Waals surface area contributed by atoms with Gasteiger partial charge in [0.2, 0.25) is 0 Å². The molecule has 0 N–H and O–H groups in total. The van der Waals surface area contributed by atoms with Crippen molar-refractivity contribution in [3.05, 3.63) is 252 Å². The summed E-state index contributed by atoms with van der Waals surface area (Å²) in [6, 6.07) is 82.3. The number of benzene rings is 10. The first kappa shape index (κ1) is 48.3. The molecule has 0 aliphatic carbocycles. The zero-order chi connectivity index (χ0) is 54.0. The fourth-order valence-electron chi connectivity index (χ4n) is 11.8. The monoisotopic (exact) mass is 1210 g/mol. The van der Waals surface area contributed by atoms with Crippen molar-refractivity contribution in [1.82, 2.24) is 0 Å². The van der Waals surface area contributed by atoms with Crippen molar-refractivity contribution in [2.45, 2.75) is 52.4 Å². The zero-order valence-electron chi connectivity index (χ0n) is 45.6. The summed E-state index contributed by atoms with van der Waals surface area (Å²) in [7, 11) is 0. The summed E-state index contributed by atoms with van der Waals surface area (Å²) < 4.78 is 9.37. The third-order valence-corrected chi connectivity index (χ3v) is 19.2. The van der Waals surface area contributed by atoms with Crippen LogP contribution in [0.15, 0.2) is 218 Å². The fourth-order valence-corrected chi connectivity index (χ4v) is 15.5. The van der Waals surface area contributed by atoms with E-state index in [1.165, 1.54) is 41.7 Å². The number of rotatable bonds is 0. The first-order chi connectivity index (χ1) is 38.9. The number of hydrogen-bond acceptors (Lipinski definition) is 5. The molecular weight excluding hydrogens is 1160 g/mol. The van der Waals surface area contributed by atoms with E-state index in [1.54, 1.807) is 0 Å². The molecular formula is C74H58N4OPt. The van der Waals surface area contributed by atoms with Gasteiger partial charge >= 0.3 is 480 Å². The van der Waals surface area contributed by atoms with Gasteiger partial charge in [0.25, 0.3) is 0 Å². The summed E-state index contributed by atoms with van der Waals surface area (Å²) in [5.41, 5.74) is 24.9. The van der Waals surface area contributed by atoms with Crippen LogP contribution < -0.4 is 24.3 Å². The summed E-state index contributed by atoms with van der Waals surface area (Å²) in [6.45, 7) is 14.0. The molecule has 80 heavy (non-hydrogen) atoms. The molecule has 5 nitrogen and oxygen atoms in total. The summed E-state index contributed by atoms with van der Waals surface area (Å²) in [6.07, 6.45) is 9.00. The van der Waals surface area contributed by atoms with E-state index in [2.05, 4.69) is 304 Å². The third kappa shape index (κ3) is 8.09. The van der Waals surface area contributed by atoms with Gasteiger partial charge in [-0.15, -0.1) is 0 Å². The predicted molar refractivity (Wildman–Crippen MR) is 334 cm³/mol. The van der Waals surface area contributed by atoms with Crippen LogP contribution in [-0.2, 0) is 28.5 Å².